The van der Waals surface area contributed by atoms with Crippen LogP contribution in [0.1, 0.15) is 30.5 Å². The van der Waals surface area contributed by atoms with Crippen molar-refractivity contribution in [3.8, 4) is 5.75 Å². The summed E-state index contributed by atoms with van der Waals surface area (Å²) in [4.78, 5) is 0. The molecular formula is C17H20FNO3S. The minimum absolute atomic E-state index is 0.157. The molecule has 0 heterocycles. The summed E-state index contributed by atoms with van der Waals surface area (Å²) in [7, 11) is -2.08. The first-order valence-corrected chi connectivity index (χ1v) is 8.97. The zero-order valence-corrected chi connectivity index (χ0v) is 13.9. The minimum Gasteiger partial charge on any atom is -0.497 e. The van der Waals surface area contributed by atoms with Gasteiger partial charge in [0.1, 0.15) is 11.6 Å². The summed E-state index contributed by atoms with van der Waals surface area (Å²) in [5.74, 6) is -0.194. The van der Waals surface area contributed by atoms with E-state index in [-0.39, 0.29) is 17.4 Å². The predicted octanol–water partition coefficient (Wildman–Crippen LogP) is 3.41. The van der Waals surface area contributed by atoms with Crippen molar-refractivity contribution < 1.29 is 17.5 Å². The number of ether oxygens (including phenoxy) is 1. The van der Waals surface area contributed by atoms with E-state index in [0.29, 0.717) is 12.2 Å². The SMILES string of the molecule is CC[C@@H](NS(=O)(=O)Cc1ccccc1F)c1ccc(OC)cc1. The van der Waals surface area contributed by atoms with Gasteiger partial charge >= 0.3 is 0 Å². The van der Waals surface area contributed by atoms with Gasteiger partial charge in [-0.05, 0) is 30.2 Å². The average Bonchev–Trinajstić information content (AvgIpc) is 2.55. The van der Waals surface area contributed by atoms with E-state index in [1.54, 1.807) is 25.3 Å². The molecule has 0 amide bonds. The number of nitrogens with one attached hydrogen (secondary N) is 1. The zero-order chi connectivity index (χ0) is 16.9. The standard InChI is InChI=1S/C17H20FNO3S/c1-3-17(13-8-10-15(22-2)11-9-13)19-23(20,21)12-14-6-4-5-7-16(14)18/h4-11,17,19H,3,12H2,1-2H3/t17-/m1/s1. The van der Waals surface area contributed by atoms with E-state index in [4.69, 9.17) is 4.74 Å². The van der Waals surface area contributed by atoms with Gasteiger partial charge in [-0.2, -0.15) is 0 Å². The van der Waals surface area contributed by atoms with Gasteiger partial charge in [-0.3, -0.25) is 0 Å². The van der Waals surface area contributed by atoms with Crippen molar-refractivity contribution in [2.45, 2.75) is 25.1 Å². The molecule has 6 heteroatoms. The van der Waals surface area contributed by atoms with Gasteiger partial charge in [-0.1, -0.05) is 37.3 Å². The molecule has 0 bridgehead atoms. The van der Waals surface area contributed by atoms with Crippen LogP contribution < -0.4 is 9.46 Å². The first-order chi connectivity index (χ1) is 10.9. The monoisotopic (exact) mass is 337 g/mol. The fourth-order valence-electron chi connectivity index (χ4n) is 2.30. The summed E-state index contributed by atoms with van der Waals surface area (Å²) < 4.78 is 46.0. The lowest BCUT2D eigenvalue weighted by Crippen LogP contribution is -2.29. The Hall–Kier alpha value is -1.92. The van der Waals surface area contributed by atoms with Crippen molar-refractivity contribution in [2.75, 3.05) is 7.11 Å². The van der Waals surface area contributed by atoms with Crippen LogP contribution in [0.4, 0.5) is 4.39 Å². The van der Waals surface area contributed by atoms with Gasteiger partial charge in [-0.25, -0.2) is 17.5 Å². The maximum atomic E-state index is 13.6. The molecule has 0 radical (unpaired) electrons. The number of benzene rings is 2. The van der Waals surface area contributed by atoms with Gasteiger partial charge in [-0.15, -0.1) is 0 Å². The highest BCUT2D eigenvalue weighted by Crippen LogP contribution is 2.22. The third-order valence-corrected chi connectivity index (χ3v) is 4.89. The van der Waals surface area contributed by atoms with E-state index in [9.17, 15) is 12.8 Å². The number of hydrogen-bond acceptors (Lipinski definition) is 3. The molecule has 2 aromatic rings. The van der Waals surface area contributed by atoms with Gasteiger partial charge in [0.05, 0.1) is 12.9 Å². The quantitative estimate of drug-likeness (QED) is 0.842. The van der Waals surface area contributed by atoms with E-state index < -0.39 is 15.8 Å². The molecule has 0 saturated carbocycles. The first-order valence-electron chi connectivity index (χ1n) is 7.32. The Morgan fingerprint density at radius 1 is 1.13 bits per heavy atom. The summed E-state index contributed by atoms with van der Waals surface area (Å²) in [6.07, 6.45) is 0.586. The zero-order valence-electron chi connectivity index (χ0n) is 13.1. The molecule has 4 nitrogen and oxygen atoms in total. The Morgan fingerprint density at radius 2 is 1.78 bits per heavy atom. The van der Waals surface area contributed by atoms with Crippen LogP contribution in [-0.2, 0) is 15.8 Å². The van der Waals surface area contributed by atoms with Gasteiger partial charge in [0.15, 0.2) is 0 Å². The van der Waals surface area contributed by atoms with Crippen molar-refractivity contribution in [3.05, 3.63) is 65.5 Å². The Morgan fingerprint density at radius 3 is 2.35 bits per heavy atom. The lowest BCUT2D eigenvalue weighted by Gasteiger charge is -2.18. The fourth-order valence-corrected chi connectivity index (χ4v) is 3.77. The van der Waals surface area contributed by atoms with Crippen molar-refractivity contribution in [1.82, 2.24) is 4.72 Å². The number of hydrogen-bond donors (Lipinski definition) is 1. The maximum Gasteiger partial charge on any atom is 0.216 e. The molecule has 0 aliphatic heterocycles. The molecule has 23 heavy (non-hydrogen) atoms. The van der Waals surface area contributed by atoms with Gasteiger partial charge in [0.25, 0.3) is 0 Å². The number of sulfonamides is 1. The second kappa shape index (κ2) is 7.57. The molecule has 2 rings (SSSR count). The average molecular weight is 337 g/mol. The summed E-state index contributed by atoms with van der Waals surface area (Å²) in [5.41, 5.74) is 0.995. The second-order valence-electron chi connectivity index (χ2n) is 5.20. The highest BCUT2D eigenvalue weighted by Gasteiger charge is 2.20. The molecule has 0 aliphatic carbocycles. The van der Waals surface area contributed by atoms with E-state index in [2.05, 4.69) is 4.72 Å². The highest BCUT2D eigenvalue weighted by atomic mass is 32.2. The van der Waals surface area contributed by atoms with Crippen LogP contribution in [0.2, 0.25) is 0 Å². The Kier molecular flexibility index (Phi) is 5.74. The fraction of sp³-hybridized carbons (Fsp3) is 0.294. The van der Waals surface area contributed by atoms with Crippen molar-refractivity contribution in [2.24, 2.45) is 0 Å². The molecule has 0 saturated heterocycles. The van der Waals surface area contributed by atoms with Gasteiger partial charge in [0.2, 0.25) is 10.0 Å². The molecule has 0 aromatic heterocycles. The van der Waals surface area contributed by atoms with E-state index in [1.807, 2.05) is 19.1 Å². The smallest absolute Gasteiger partial charge is 0.216 e. The summed E-state index contributed by atoms with van der Waals surface area (Å²) in [5, 5.41) is 0. The molecular weight excluding hydrogens is 317 g/mol. The van der Waals surface area contributed by atoms with Gasteiger partial charge < -0.3 is 4.74 Å². The second-order valence-corrected chi connectivity index (χ2v) is 6.96. The van der Waals surface area contributed by atoms with E-state index in [0.717, 1.165) is 5.56 Å². The summed E-state index contributed by atoms with van der Waals surface area (Å²) in [6, 6.07) is 12.7. The van der Waals surface area contributed by atoms with Crippen LogP contribution in [0.15, 0.2) is 48.5 Å². The lowest BCUT2D eigenvalue weighted by molar-refractivity contribution is 0.414. The van der Waals surface area contributed by atoms with Crippen LogP contribution >= 0.6 is 0 Å². The number of methoxy groups -OCH3 is 1. The van der Waals surface area contributed by atoms with Crippen molar-refractivity contribution >= 4 is 10.0 Å². The third-order valence-electron chi connectivity index (χ3n) is 3.55. The molecule has 0 unspecified atom stereocenters. The largest absolute Gasteiger partial charge is 0.497 e. The molecule has 1 atom stereocenters. The van der Waals surface area contributed by atoms with Crippen LogP contribution in [0.25, 0.3) is 0 Å². The minimum atomic E-state index is -3.65. The van der Waals surface area contributed by atoms with Crippen LogP contribution in [0.3, 0.4) is 0 Å². The predicted molar refractivity (Wildman–Crippen MR) is 88.2 cm³/mol. The van der Waals surface area contributed by atoms with E-state index in [1.165, 1.54) is 18.2 Å². The van der Waals surface area contributed by atoms with Crippen LogP contribution in [-0.4, -0.2) is 15.5 Å². The number of rotatable bonds is 7. The Bertz CT molecular complexity index is 745. The highest BCUT2D eigenvalue weighted by molar-refractivity contribution is 7.88. The summed E-state index contributed by atoms with van der Waals surface area (Å²) in [6.45, 7) is 1.89. The van der Waals surface area contributed by atoms with E-state index >= 15 is 0 Å². The molecule has 0 spiro atoms. The van der Waals surface area contributed by atoms with Crippen molar-refractivity contribution in [1.29, 1.82) is 0 Å². The Balaban J connectivity index is 2.14. The van der Waals surface area contributed by atoms with Crippen LogP contribution in [0, 0.1) is 5.82 Å². The molecule has 2 aromatic carbocycles. The topological polar surface area (TPSA) is 55.4 Å². The summed E-state index contributed by atoms with van der Waals surface area (Å²) >= 11 is 0. The lowest BCUT2D eigenvalue weighted by atomic mass is 10.1. The number of halogens is 1. The van der Waals surface area contributed by atoms with Gasteiger partial charge in [0, 0.05) is 11.6 Å². The Labute approximate surface area is 136 Å². The molecule has 0 fully saturated rings. The normalized spacial score (nSPS) is 12.8. The maximum absolute atomic E-state index is 13.6. The molecule has 0 aliphatic rings. The van der Waals surface area contributed by atoms with Crippen molar-refractivity contribution in [3.63, 3.8) is 0 Å². The first kappa shape index (κ1) is 17.4. The van der Waals surface area contributed by atoms with Crippen LogP contribution in [0.5, 0.6) is 5.75 Å². The molecule has 124 valence electrons. The molecule has 1 N–H and O–H groups in total. The third kappa shape index (κ3) is 4.77.